The molecule has 0 aromatic carbocycles. The Labute approximate surface area is 187 Å². The summed E-state index contributed by atoms with van der Waals surface area (Å²) in [7, 11) is 0. The molecule has 0 aromatic heterocycles. The smallest absolute Gasteiger partial charge is 0.0577 e. The standard InChI is InChI=1S/C29H50O/c1-7-21(16-19(2)3)17-20(4)25-10-11-26-24-9-8-22-18-23(30)12-14-28(22,5)27(24)13-15-29(25,26)6/h8,19-21,23-27,30H,7,9-18H2,1-6H3. The average molecular weight is 415 g/mol. The summed E-state index contributed by atoms with van der Waals surface area (Å²) in [6, 6.07) is 0. The van der Waals surface area contributed by atoms with Crippen molar-refractivity contribution in [3.05, 3.63) is 11.6 Å². The van der Waals surface area contributed by atoms with E-state index in [1.54, 1.807) is 5.57 Å². The predicted molar refractivity (Wildman–Crippen MR) is 128 cm³/mol. The summed E-state index contributed by atoms with van der Waals surface area (Å²) < 4.78 is 0. The van der Waals surface area contributed by atoms with E-state index < -0.39 is 0 Å². The van der Waals surface area contributed by atoms with E-state index in [2.05, 4.69) is 47.6 Å². The van der Waals surface area contributed by atoms with Crippen LogP contribution in [-0.4, -0.2) is 11.2 Å². The van der Waals surface area contributed by atoms with Crippen LogP contribution in [0, 0.1) is 52.3 Å². The third-order valence-electron chi connectivity index (χ3n) is 10.9. The lowest BCUT2D eigenvalue weighted by molar-refractivity contribution is -0.0582. The molecule has 0 bridgehead atoms. The summed E-state index contributed by atoms with van der Waals surface area (Å²) in [6.07, 6.45) is 17.1. The summed E-state index contributed by atoms with van der Waals surface area (Å²) in [4.78, 5) is 0. The van der Waals surface area contributed by atoms with Gasteiger partial charge in [0.25, 0.3) is 0 Å². The van der Waals surface area contributed by atoms with Crippen molar-refractivity contribution in [1.82, 2.24) is 0 Å². The average Bonchev–Trinajstić information content (AvgIpc) is 3.05. The second-order valence-corrected chi connectivity index (χ2v) is 13.0. The van der Waals surface area contributed by atoms with E-state index in [9.17, 15) is 5.11 Å². The van der Waals surface area contributed by atoms with E-state index in [1.165, 1.54) is 57.8 Å². The van der Waals surface area contributed by atoms with E-state index in [4.69, 9.17) is 0 Å². The molecular formula is C29H50O. The van der Waals surface area contributed by atoms with Gasteiger partial charge in [-0.1, -0.05) is 59.6 Å². The van der Waals surface area contributed by atoms with Crippen LogP contribution >= 0.6 is 0 Å². The summed E-state index contributed by atoms with van der Waals surface area (Å²) in [5, 5.41) is 10.3. The van der Waals surface area contributed by atoms with Gasteiger partial charge in [0.1, 0.15) is 0 Å². The fraction of sp³-hybridized carbons (Fsp3) is 0.931. The highest BCUT2D eigenvalue weighted by molar-refractivity contribution is 5.25. The van der Waals surface area contributed by atoms with Gasteiger partial charge in [0.05, 0.1) is 6.10 Å². The van der Waals surface area contributed by atoms with E-state index in [-0.39, 0.29) is 6.10 Å². The van der Waals surface area contributed by atoms with Crippen molar-refractivity contribution in [1.29, 1.82) is 0 Å². The lowest BCUT2D eigenvalue weighted by Gasteiger charge is -2.58. The Morgan fingerprint density at radius 1 is 1.00 bits per heavy atom. The Hall–Kier alpha value is -0.300. The third-order valence-corrected chi connectivity index (χ3v) is 10.9. The maximum absolute atomic E-state index is 10.3. The number of rotatable bonds is 6. The van der Waals surface area contributed by atoms with E-state index in [0.717, 1.165) is 54.3 Å². The zero-order valence-electron chi connectivity index (χ0n) is 20.9. The highest BCUT2D eigenvalue weighted by Gasteiger charge is 2.59. The second kappa shape index (κ2) is 8.57. The van der Waals surface area contributed by atoms with Gasteiger partial charge in [0, 0.05) is 0 Å². The van der Waals surface area contributed by atoms with Crippen LogP contribution in [0.2, 0.25) is 0 Å². The number of hydrogen-bond donors (Lipinski definition) is 1. The molecule has 30 heavy (non-hydrogen) atoms. The van der Waals surface area contributed by atoms with Crippen molar-refractivity contribution in [3.8, 4) is 0 Å². The van der Waals surface area contributed by atoms with E-state index in [1.807, 2.05) is 0 Å². The molecule has 9 atom stereocenters. The molecule has 0 aromatic rings. The van der Waals surface area contributed by atoms with Gasteiger partial charge in [-0.05, 0) is 116 Å². The van der Waals surface area contributed by atoms with Gasteiger partial charge < -0.3 is 5.11 Å². The van der Waals surface area contributed by atoms with Gasteiger partial charge >= 0.3 is 0 Å². The summed E-state index contributed by atoms with van der Waals surface area (Å²) >= 11 is 0. The maximum Gasteiger partial charge on any atom is 0.0577 e. The first-order valence-electron chi connectivity index (χ1n) is 13.6. The first-order chi connectivity index (χ1) is 14.2. The van der Waals surface area contributed by atoms with Crippen LogP contribution in [0.4, 0.5) is 0 Å². The zero-order valence-corrected chi connectivity index (χ0v) is 20.9. The molecule has 172 valence electrons. The van der Waals surface area contributed by atoms with Gasteiger partial charge in [-0.25, -0.2) is 0 Å². The molecule has 0 saturated heterocycles. The highest BCUT2D eigenvalue weighted by atomic mass is 16.3. The number of hydrogen-bond acceptors (Lipinski definition) is 1. The van der Waals surface area contributed by atoms with Gasteiger partial charge in [0.2, 0.25) is 0 Å². The Kier molecular flexibility index (Phi) is 6.53. The van der Waals surface area contributed by atoms with Crippen molar-refractivity contribution in [2.24, 2.45) is 52.3 Å². The van der Waals surface area contributed by atoms with Crippen LogP contribution in [0.3, 0.4) is 0 Å². The highest BCUT2D eigenvalue weighted by Crippen LogP contribution is 2.67. The minimum absolute atomic E-state index is 0.0798. The molecule has 0 heterocycles. The third kappa shape index (κ3) is 3.84. The SMILES string of the molecule is CCC(CC(C)C)CC(C)C1CCC2C3CC=C4CC(O)CCC4(C)C3CCC12C. The minimum atomic E-state index is -0.0798. The first-order valence-corrected chi connectivity index (χ1v) is 13.6. The van der Waals surface area contributed by atoms with Crippen molar-refractivity contribution in [2.45, 2.75) is 118 Å². The topological polar surface area (TPSA) is 20.2 Å². The Morgan fingerprint density at radius 3 is 2.47 bits per heavy atom. The molecule has 0 radical (unpaired) electrons. The number of fused-ring (bicyclic) bond motifs is 5. The molecule has 1 heteroatoms. The Morgan fingerprint density at radius 2 is 1.77 bits per heavy atom. The normalized spacial score (nSPS) is 45.3. The predicted octanol–water partition coefficient (Wildman–Crippen LogP) is 8.02. The molecule has 4 aliphatic rings. The van der Waals surface area contributed by atoms with Crippen LogP contribution in [-0.2, 0) is 0 Å². The van der Waals surface area contributed by atoms with Gasteiger partial charge in [-0.2, -0.15) is 0 Å². The lowest BCUT2D eigenvalue weighted by atomic mass is 9.47. The fourth-order valence-corrected chi connectivity index (χ4v) is 9.40. The molecule has 0 spiro atoms. The van der Waals surface area contributed by atoms with Crippen molar-refractivity contribution in [3.63, 3.8) is 0 Å². The molecule has 1 N–H and O–H groups in total. The molecular weight excluding hydrogens is 364 g/mol. The minimum Gasteiger partial charge on any atom is -0.393 e. The Bertz CT molecular complexity index is 634. The number of aliphatic hydroxyl groups is 1. The van der Waals surface area contributed by atoms with Crippen molar-refractivity contribution in [2.75, 3.05) is 0 Å². The number of aliphatic hydroxyl groups excluding tert-OH is 1. The van der Waals surface area contributed by atoms with Crippen molar-refractivity contribution >= 4 is 0 Å². The van der Waals surface area contributed by atoms with E-state index in [0.29, 0.717) is 10.8 Å². The first kappa shape index (κ1) is 22.9. The molecule has 3 saturated carbocycles. The molecule has 4 aliphatic carbocycles. The monoisotopic (exact) mass is 414 g/mol. The second-order valence-electron chi connectivity index (χ2n) is 13.0. The lowest BCUT2D eigenvalue weighted by Crippen LogP contribution is -2.50. The van der Waals surface area contributed by atoms with Gasteiger partial charge in [-0.3, -0.25) is 0 Å². The van der Waals surface area contributed by atoms with Crippen LogP contribution in [0.15, 0.2) is 11.6 Å². The number of allylic oxidation sites excluding steroid dienone is 1. The molecule has 1 nitrogen and oxygen atoms in total. The largest absolute Gasteiger partial charge is 0.393 e. The molecule has 3 fully saturated rings. The van der Waals surface area contributed by atoms with Crippen LogP contribution < -0.4 is 0 Å². The van der Waals surface area contributed by atoms with Crippen LogP contribution in [0.1, 0.15) is 112 Å². The maximum atomic E-state index is 10.3. The zero-order chi connectivity index (χ0) is 21.7. The Balaban J connectivity index is 1.50. The van der Waals surface area contributed by atoms with Crippen LogP contribution in [0.25, 0.3) is 0 Å². The molecule has 0 amide bonds. The quantitative estimate of drug-likeness (QED) is 0.436. The summed E-state index contributed by atoms with van der Waals surface area (Å²) in [5.41, 5.74) is 2.58. The molecule has 4 rings (SSSR count). The summed E-state index contributed by atoms with van der Waals surface area (Å²) in [5.74, 6) is 6.31. The van der Waals surface area contributed by atoms with Crippen LogP contribution in [0.5, 0.6) is 0 Å². The molecule has 0 aliphatic heterocycles. The van der Waals surface area contributed by atoms with Gasteiger partial charge in [-0.15, -0.1) is 0 Å². The van der Waals surface area contributed by atoms with E-state index >= 15 is 0 Å². The van der Waals surface area contributed by atoms with Gasteiger partial charge in [0.15, 0.2) is 0 Å². The molecule has 9 unspecified atom stereocenters. The van der Waals surface area contributed by atoms with Crippen molar-refractivity contribution < 1.29 is 5.11 Å². The summed E-state index contributed by atoms with van der Waals surface area (Å²) in [6.45, 7) is 15.1. The fourth-order valence-electron chi connectivity index (χ4n) is 9.40.